The van der Waals surface area contributed by atoms with Gasteiger partial charge in [0.2, 0.25) is 0 Å². The van der Waals surface area contributed by atoms with Crippen LogP contribution < -0.4 is 10.6 Å². The lowest BCUT2D eigenvalue weighted by Crippen LogP contribution is -2.47. The van der Waals surface area contributed by atoms with Crippen molar-refractivity contribution in [1.29, 1.82) is 0 Å². The molecule has 1 saturated carbocycles. The normalized spacial score (nSPS) is 17.6. The largest absolute Gasteiger partial charge is 0.480 e. The van der Waals surface area contributed by atoms with Crippen molar-refractivity contribution < 1.29 is 14.7 Å². The van der Waals surface area contributed by atoms with Crippen LogP contribution in [0.25, 0.3) is 0 Å². The number of amides is 2. The molecule has 1 unspecified atom stereocenters. The Bertz CT molecular complexity index is 347. The molecule has 0 saturated heterocycles. The molecule has 0 bridgehead atoms. The van der Waals surface area contributed by atoms with E-state index in [4.69, 9.17) is 11.5 Å². The first-order valence-corrected chi connectivity index (χ1v) is 6.51. The van der Waals surface area contributed by atoms with Crippen LogP contribution in [0.4, 0.5) is 4.79 Å². The first-order valence-electron chi connectivity index (χ1n) is 5.29. The van der Waals surface area contributed by atoms with Crippen LogP contribution in [0.15, 0.2) is 0 Å². The van der Waals surface area contributed by atoms with Gasteiger partial charge in [0.1, 0.15) is 6.04 Å². The number of hydrogen-bond donors (Lipinski definition) is 3. The fraction of sp³-hybridized carbons (Fsp3) is 0.636. The molecule has 1 fully saturated rings. The summed E-state index contributed by atoms with van der Waals surface area (Å²) in [5, 5.41) is 13.8. The van der Waals surface area contributed by atoms with Gasteiger partial charge in [-0.3, -0.25) is 0 Å². The summed E-state index contributed by atoms with van der Waals surface area (Å²) < 4.78 is 0.155. The van der Waals surface area contributed by atoms with Crippen LogP contribution in [0.1, 0.15) is 19.3 Å². The minimum Gasteiger partial charge on any atom is -0.480 e. The molecule has 5 nitrogen and oxygen atoms in total. The molecule has 94 valence electrons. The Morgan fingerprint density at radius 1 is 1.59 bits per heavy atom. The van der Waals surface area contributed by atoms with E-state index in [9.17, 15) is 9.59 Å². The highest BCUT2D eigenvalue weighted by molar-refractivity contribution is 8.00. The summed E-state index contributed by atoms with van der Waals surface area (Å²) in [5.41, 5.74) is 0. The summed E-state index contributed by atoms with van der Waals surface area (Å²) in [6.07, 6.45) is 9.19. The number of hydrogen-bond acceptors (Lipinski definition) is 3. The number of urea groups is 1. The van der Waals surface area contributed by atoms with Gasteiger partial charge in [0, 0.05) is 17.7 Å². The molecule has 0 radical (unpaired) electrons. The van der Waals surface area contributed by atoms with Gasteiger partial charge in [-0.25, -0.2) is 9.59 Å². The molecule has 1 atom stereocenters. The van der Waals surface area contributed by atoms with Crippen molar-refractivity contribution in [2.75, 3.05) is 12.8 Å². The second-order valence-corrected chi connectivity index (χ2v) is 5.29. The van der Waals surface area contributed by atoms with E-state index in [1.54, 1.807) is 11.8 Å². The number of carboxylic acids is 1. The van der Waals surface area contributed by atoms with Gasteiger partial charge in [-0.15, -0.1) is 12.3 Å². The third-order valence-electron chi connectivity index (χ3n) is 2.74. The van der Waals surface area contributed by atoms with Gasteiger partial charge in [0.15, 0.2) is 0 Å². The molecular formula is C11H16N2O3S. The van der Waals surface area contributed by atoms with Crippen LogP contribution >= 0.6 is 11.8 Å². The molecule has 0 aromatic rings. The highest BCUT2D eigenvalue weighted by Crippen LogP contribution is 2.46. The van der Waals surface area contributed by atoms with E-state index in [-0.39, 0.29) is 11.2 Å². The van der Waals surface area contributed by atoms with Crippen molar-refractivity contribution >= 4 is 23.8 Å². The van der Waals surface area contributed by atoms with Crippen LogP contribution in [-0.4, -0.2) is 40.7 Å². The quantitative estimate of drug-likeness (QED) is 0.610. The van der Waals surface area contributed by atoms with E-state index in [2.05, 4.69) is 16.6 Å². The van der Waals surface area contributed by atoms with Crippen molar-refractivity contribution in [1.82, 2.24) is 10.6 Å². The molecule has 2 amide bonds. The maximum Gasteiger partial charge on any atom is 0.327 e. The molecule has 0 spiro atoms. The SMILES string of the molecule is C#CCC(NC(=O)NCC1(SC)CC1)C(=O)O. The van der Waals surface area contributed by atoms with E-state index in [1.807, 2.05) is 6.26 Å². The molecule has 1 aliphatic rings. The number of nitrogens with one attached hydrogen (secondary N) is 2. The summed E-state index contributed by atoms with van der Waals surface area (Å²) >= 11 is 1.72. The minimum absolute atomic E-state index is 0.0174. The molecule has 1 aliphatic carbocycles. The highest BCUT2D eigenvalue weighted by Gasteiger charge is 2.42. The van der Waals surface area contributed by atoms with Crippen LogP contribution in [0, 0.1) is 12.3 Å². The maximum absolute atomic E-state index is 11.5. The predicted octanol–water partition coefficient (Wildman–Crippen LogP) is 0.658. The van der Waals surface area contributed by atoms with Crippen LogP contribution in [0.5, 0.6) is 0 Å². The molecule has 17 heavy (non-hydrogen) atoms. The molecule has 6 heteroatoms. The van der Waals surface area contributed by atoms with E-state index in [0.717, 1.165) is 12.8 Å². The molecule has 0 aromatic carbocycles. The number of carbonyl (C=O) groups excluding carboxylic acids is 1. The number of terminal acetylenes is 1. The predicted molar refractivity (Wildman–Crippen MR) is 66.9 cm³/mol. The first kappa shape index (κ1) is 13.7. The molecule has 0 aliphatic heterocycles. The highest BCUT2D eigenvalue weighted by atomic mass is 32.2. The summed E-state index contributed by atoms with van der Waals surface area (Å²) in [6.45, 7) is 0.558. The molecule has 1 rings (SSSR count). The summed E-state index contributed by atoms with van der Waals surface area (Å²) in [5.74, 6) is 1.10. The second kappa shape index (κ2) is 5.82. The summed E-state index contributed by atoms with van der Waals surface area (Å²) in [4.78, 5) is 22.2. The zero-order valence-electron chi connectivity index (χ0n) is 9.66. The van der Waals surface area contributed by atoms with E-state index < -0.39 is 18.0 Å². The van der Waals surface area contributed by atoms with Crippen molar-refractivity contribution in [2.24, 2.45) is 0 Å². The number of rotatable bonds is 6. The zero-order valence-corrected chi connectivity index (χ0v) is 10.5. The average Bonchev–Trinajstić information content (AvgIpc) is 3.06. The van der Waals surface area contributed by atoms with Crippen molar-refractivity contribution in [3.63, 3.8) is 0 Å². The standard InChI is InChI=1S/C11H16N2O3S/c1-3-4-8(9(14)15)13-10(16)12-7-11(17-2)5-6-11/h1,8H,4-7H2,2H3,(H,14,15)(H2,12,13,16). The topological polar surface area (TPSA) is 78.4 Å². The molecular weight excluding hydrogens is 240 g/mol. The van der Waals surface area contributed by atoms with E-state index >= 15 is 0 Å². The zero-order chi connectivity index (χ0) is 12.9. The average molecular weight is 256 g/mol. The minimum atomic E-state index is -1.12. The monoisotopic (exact) mass is 256 g/mol. The Labute approximate surface area is 105 Å². The number of aliphatic carboxylic acids is 1. The maximum atomic E-state index is 11.5. The van der Waals surface area contributed by atoms with Crippen molar-refractivity contribution in [3.8, 4) is 12.3 Å². The van der Waals surface area contributed by atoms with E-state index in [1.165, 1.54) is 0 Å². The van der Waals surface area contributed by atoms with Gasteiger partial charge >= 0.3 is 12.0 Å². The lowest BCUT2D eigenvalue weighted by molar-refractivity contribution is -0.139. The van der Waals surface area contributed by atoms with Crippen LogP contribution in [0.3, 0.4) is 0 Å². The lowest BCUT2D eigenvalue weighted by Gasteiger charge is -2.16. The third kappa shape index (κ3) is 4.19. The van der Waals surface area contributed by atoms with Crippen LogP contribution in [0.2, 0.25) is 0 Å². The Hall–Kier alpha value is -1.35. The smallest absolute Gasteiger partial charge is 0.327 e. The number of carbonyl (C=O) groups is 2. The van der Waals surface area contributed by atoms with Gasteiger partial charge in [0.25, 0.3) is 0 Å². The third-order valence-corrected chi connectivity index (χ3v) is 4.16. The number of thioether (sulfide) groups is 1. The first-order chi connectivity index (χ1) is 8.03. The fourth-order valence-corrected chi connectivity index (χ4v) is 2.09. The summed E-state index contributed by atoms with van der Waals surface area (Å²) in [6, 6.07) is -1.50. The van der Waals surface area contributed by atoms with E-state index in [0.29, 0.717) is 6.54 Å². The second-order valence-electron chi connectivity index (χ2n) is 4.01. The Kier molecular flexibility index (Phi) is 4.70. The van der Waals surface area contributed by atoms with Gasteiger partial charge < -0.3 is 15.7 Å². The Balaban J connectivity index is 2.33. The molecule has 3 N–H and O–H groups in total. The Morgan fingerprint density at radius 2 is 2.24 bits per heavy atom. The lowest BCUT2D eigenvalue weighted by atomic mass is 10.2. The molecule has 0 heterocycles. The molecule has 0 aromatic heterocycles. The van der Waals surface area contributed by atoms with Gasteiger partial charge in [-0.2, -0.15) is 11.8 Å². The summed E-state index contributed by atoms with van der Waals surface area (Å²) in [7, 11) is 0. The Morgan fingerprint density at radius 3 is 2.65 bits per heavy atom. The van der Waals surface area contributed by atoms with Gasteiger partial charge in [-0.05, 0) is 19.1 Å². The van der Waals surface area contributed by atoms with Crippen LogP contribution in [-0.2, 0) is 4.79 Å². The van der Waals surface area contributed by atoms with Crippen molar-refractivity contribution in [2.45, 2.75) is 30.1 Å². The van der Waals surface area contributed by atoms with Gasteiger partial charge in [-0.1, -0.05) is 0 Å². The fourth-order valence-electron chi connectivity index (χ4n) is 1.36. The van der Waals surface area contributed by atoms with Crippen molar-refractivity contribution in [3.05, 3.63) is 0 Å². The number of carboxylic acid groups (broad SMARTS) is 1. The van der Waals surface area contributed by atoms with Gasteiger partial charge in [0.05, 0.1) is 0 Å².